The van der Waals surface area contributed by atoms with Crippen molar-refractivity contribution in [2.45, 2.75) is 88.6 Å². The zero-order valence-electron chi connectivity index (χ0n) is 15.1. The fourth-order valence-corrected chi connectivity index (χ4v) is 4.68. The van der Waals surface area contributed by atoms with Crippen molar-refractivity contribution in [3.8, 4) is 0 Å². The van der Waals surface area contributed by atoms with Gasteiger partial charge in [0.05, 0.1) is 11.7 Å². The lowest BCUT2D eigenvalue weighted by Gasteiger charge is -2.38. The molecule has 1 saturated heterocycles. The Morgan fingerprint density at radius 3 is 2.17 bits per heavy atom. The van der Waals surface area contributed by atoms with E-state index in [0.717, 1.165) is 0 Å². The van der Waals surface area contributed by atoms with Gasteiger partial charge in [-0.05, 0) is 26.2 Å². The monoisotopic (exact) mass is 364 g/mol. The first kappa shape index (κ1) is 22.1. The summed E-state index contributed by atoms with van der Waals surface area (Å²) in [5, 5.41) is 18.9. The van der Waals surface area contributed by atoms with Crippen LogP contribution in [0.3, 0.4) is 0 Å². The van der Waals surface area contributed by atoms with Crippen molar-refractivity contribution in [2.24, 2.45) is 0 Å². The maximum atomic E-state index is 12.6. The van der Waals surface area contributed by atoms with Crippen LogP contribution < -0.4 is 0 Å². The quantitative estimate of drug-likeness (QED) is 0.421. The molecular weight excluding hydrogens is 334 g/mol. The van der Waals surface area contributed by atoms with Gasteiger partial charge in [-0.15, -0.1) is 0 Å². The molecule has 1 fully saturated rings. The normalized spacial score (nSPS) is 33.2. The standard InChI is InChI=1S/C15H30BO7P/c1-6-14(4,23-24(19,20)15(18,7-2)8-3)9-10-11(17)12(21-5)13(16)22-10/h10-13,17-18H,6-9H2,1-5H3,(H,19,20)/t10-,11-,12-,13-,14?/m1/s1. The van der Waals surface area contributed by atoms with Gasteiger partial charge in [0.25, 0.3) is 0 Å². The summed E-state index contributed by atoms with van der Waals surface area (Å²) in [5.74, 6) is 0. The van der Waals surface area contributed by atoms with E-state index in [1.54, 1.807) is 27.7 Å². The lowest BCUT2D eigenvalue weighted by atomic mass is 9.89. The summed E-state index contributed by atoms with van der Waals surface area (Å²) in [6.45, 7) is 6.71. The lowest BCUT2D eigenvalue weighted by molar-refractivity contribution is -0.0473. The van der Waals surface area contributed by atoms with Gasteiger partial charge in [0.1, 0.15) is 20.1 Å². The third-order valence-electron chi connectivity index (χ3n) is 5.03. The van der Waals surface area contributed by atoms with E-state index in [1.807, 2.05) is 0 Å². The Bertz CT molecular complexity index is 459. The van der Waals surface area contributed by atoms with Gasteiger partial charge >= 0.3 is 7.60 Å². The van der Waals surface area contributed by atoms with Gasteiger partial charge in [-0.3, -0.25) is 4.57 Å². The molecule has 1 heterocycles. The van der Waals surface area contributed by atoms with E-state index < -0.39 is 42.9 Å². The Labute approximate surface area is 145 Å². The van der Waals surface area contributed by atoms with Crippen LogP contribution in [0.5, 0.6) is 0 Å². The second-order valence-electron chi connectivity index (χ2n) is 6.64. The summed E-state index contributed by atoms with van der Waals surface area (Å²) in [6, 6.07) is -0.778. The number of methoxy groups -OCH3 is 1. The Hall–Kier alpha value is 0.0549. The highest BCUT2D eigenvalue weighted by molar-refractivity contribution is 7.54. The molecule has 9 heteroatoms. The van der Waals surface area contributed by atoms with Gasteiger partial charge in [0, 0.05) is 19.5 Å². The van der Waals surface area contributed by atoms with Crippen LogP contribution in [0.1, 0.15) is 53.4 Å². The molecule has 1 rings (SSSR count). The van der Waals surface area contributed by atoms with Gasteiger partial charge in [-0.25, -0.2) is 0 Å². The summed E-state index contributed by atoms with van der Waals surface area (Å²) >= 11 is 0. The molecule has 6 atom stereocenters. The van der Waals surface area contributed by atoms with Gasteiger partial charge in [-0.1, -0.05) is 20.8 Å². The Kier molecular flexibility index (Phi) is 7.52. The summed E-state index contributed by atoms with van der Waals surface area (Å²) in [4.78, 5) is 10.3. The molecular formula is C15H30BO7P. The molecule has 0 amide bonds. The number of aliphatic hydroxyl groups excluding tert-OH is 1. The third-order valence-corrected chi connectivity index (χ3v) is 7.40. The molecule has 0 aliphatic carbocycles. The van der Waals surface area contributed by atoms with Crippen molar-refractivity contribution in [2.75, 3.05) is 7.11 Å². The first-order chi connectivity index (χ1) is 11.0. The second-order valence-corrected chi connectivity index (χ2v) is 8.69. The smallest absolute Gasteiger partial charge is 0.359 e. The minimum Gasteiger partial charge on any atom is -0.388 e. The molecule has 0 bridgehead atoms. The van der Waals surface area contributed by atoms with Crippen LogP contribution in [0.15, 0.2) is 0 Å². The molecule has 1 aliphatic heterocycles. The Morgan fingerprint density at radius 1 is 1.25 bits per heavy atom. The van der Waals surface area contributed by atoms with Crippen LogP contribution in [0, 0.1) is 0 Å². The second kappa shape index (κ2) is 8.17. The molecule has 0 saturated carbocycles. The Balaban J connectivity index is 2.93. The van der Waals surface area contributed by atoms with E-state index in [9.17, 15) is 19.7 Å². The molecule has 7 nitrogen and oxygen atoms in total. The topological polar surface area (TPSA) is 105 Å². The Morgan fingerprint density at radius 2 is 1.79 bits per heavy atom. The van der Waals surface area contributed by atoms with Crippen LogP contribution in [0.25, 0.3) is 0 Å². The molecule has 2 unspecified atom stereocenters. The molecule has 2 radical (unpaired) electrons. The summed E-state index contributed by atoms with van der Waals surface area (Å²) in [5.41, 5.74) is -1.07. The van der Waals surface area contributed by atoms with Crippen molar-refractivity contribution in [1.29, 1.82) is 0 Å². The fourth-order valence-electron chi connectivity index (χ4n) is 2.91. The zero-order chi connectivity index (χ0) is 18.8. The first-order valence-corrected chi connectivity index (χ1v) is 9.94. The van der Waals surface area contributed by atoms with Crippen LogP contribution in [0.2, 0.25) is 0 Å². The number of aliphatic hydroxyl groups is 2. The van der Waals surface area contributed by atoms with Crippen molar-refractivity contribution >= 4 is 15.4 Å². The minimum absolute atomic E-state index is 0.0935. The molecule has 3 N–H and O–H groups in total. The van der Waals surface area contributed by atoms with Gasteiger partial charge in [-0.2, -0.15) is 0 Å². The molecule has 24 heavy (non-hydrogen) atoms. The summed E-state index contributed by atoms with van der Waals surface area (Å²) in [6.07, 6.45) is -1.60. The van der Waals surface area contributed by atoms with E-state index in [-0.39, 0.29) is 19.3 Å². The molecule has 140 valence electrons. The van der Waals surface area contributed by atoms with Gasteiger partial charge in [0.2, 0.25) is 0 Å². The van der Waals surface area contributed by atoms with Crippen LogP contribution in [-0.4, -0.2) is 65.3 Å². The highest BCUT2D eigenvalue weighted by Gasteiger charge is 2.50. The lowest BCUT2D eigenvalue weighted by Crippen LogP contribution is -2.41. The van der Waals surface area contributed by atoms with Crippen molar-refractivity contribution < 1.29 is 33.7 Å². The minimum atomic E-state index is -4.31. The fraction of sp³-hybridized carbons (Fsp3) is 1.00. The van der Waals surface area contributed by atoms with Gasteiger partial charge < -0.3 is 29.1 Å². The number of rotatable bonds is 9. The van der Waals surface area contributed by atoms with Crippen LogP contribution in [-0.2, 0) is 18.6 Å². The molecule has 0 aromatic heterocycles. The SMILES string of the molecule is [B][C@@H]1O[C@H](CC(C)(CC)OP(=O)(O)C(O)(CC)CC)[C@@H](O)[C@H]1OC. The predicted molar refractivity (Wildman–Crippen MR) is 91.0 cm³/mol. The number of ether oxygens (including phenoxy) is 2. The van der Waals surface area contributed by atoms with E-state index >= 15 is 0 Å². The van der Waals surface area contributed by atoms with Crippen molar-refractivity contribution in [3.63, 3.8) is 0 Å². The van der Waals surface area contributed by atoms with E-state index in [2.05, 4.69) is 0 Å². The average molecular weight is 364 g/mol. The number of hydrogen-bond donors (Lipinski definition) is 3. The molecule has 1 aliphatic rings. The van der Waals surface area contributed by atoms with Crippen molar-refractivity contribution in [1.82, 2.24) is 0 Å². The van der Waals surface area contributed by atoms with Crippen molar-refractivity contribution in [3.05, 3.63) is 0 Å². The van der Waals surface area contributed by atoms with E-state index in [1.165, 1.54) is 7.11 Å². The third kappa shape index (κ3) is 4.42. The summed E-state index contributed by atoms with van der Waals surface area (Å²) in [7, 11) is 2.90. The molecule has 0 spiro atoms. The molecule has 0 aromatic rings. The predicted octanol–water partition coefficient (Wildman–Crippen LogP) is 1.53. The maximum Gasteiger partial charge on any atom is 0.359 e. The zero-order valence-corrected chi connectivity index (χ0v) is 16.0. The average Bonchev–Trinajstić information content (AvgIpc) is 2.78. The van der Waals surface area contributed by atoms with Crippen LogP contribution in [0.4, 0.5) is 0 Å². The summed E-state index contributed by atoms with van der Waals surface area (Å²) < 4.78 is 28.8. The maximum absolute atomic E-state index is 12.6. The molecule has 0 aromatic carbocycles. The van der Waals surface area contributed by atoms with Gasteiger partial charge in [0.15, 0.2) is 5.34 Å². The largest absolute Gasteiger partial charge is 0.388 e. The number of hydrogen-bond acceptors (Lipinski definition) is 6. The van der Waals surface area contributed by atoms with E-state index in [4.69, 9.17) is 21.8 Å². The van der Waals surface area contributed by atoms with E-state index in [0.29, 0.717) is 6.42 Å². The first-order valence-electron chi connectivity index (χ1n) is 8.37. The highest BCUT2D eigenvalue weighted by atomic mass is 31.2. The highest BCUT2D eigenvalue weighted by Crippen LogP contribution is 2.60. The van der Waals surface area contributed by atoms with Crippen LogP contribution >= 0.6 is 7.60 Å².